The lowest BCUT2D eigenvalue weighted by Gasteiger charge is -2.27. The molecule has 1 aromatic rings. The first-order valence-corrected chi connectivity index (χ1v) is 5.72. The molecule has 1 amide bonds. The second-order valence-corrected chi connectivity index (χ2v) is 4.30. The number of nitrogens with one attached hydrogen (secondary N) is 1. The summed E-state index contributed by atoms with van der Waals surface area (Å²) in [6, 6.07) is 2.37. The van der Waals surface area contributed by atoms with Crippen molar-refractivity contribution in [2.24, 2.45) is 0 Å². The molecule has 0 aliphatic carbocycles. The highest BCUT2D eigenvalue weighted by Crippen LogP contribution is 2.23. The summed E-state index contributed by atoms with van der Waals surface area (Å²) in [5, 5.41) is 3.25. The van der Waals surface area contributed by atoms with Crippen molar-refractivity contribution in [2.45, 2.75) is 0 Å². The van der Waals surface area contributed by atoms with E-state index >= 15 is 0 Å². The van der Waals surface area contributed by atoms with Gasteiger partial charge in [0, 0.05) is 26.2 Å². The molecule has 0 aromatic heterocycles. The number of rotatable bonds is 1. The van der Waals surface area contributed by atoms with Crippen LogP contribution in [-0.4, -0.2) is 37.0 Å². The van der Waals surface area contributed by atoms with E-state index in [1.807, 2.05) is 0 Å². The first kappa shape index (κ1) is 12.1. The maximum Gasteiger partial charge on any atom is 0.256 e. The van der Waals surface area contributed by atoms with Crippen LogP contribution in [0.25, 0.3) is 0 Å². The minimum atomic E-state index is -0.632. The molecule has 1 aromatic carbocycles. The zero-order valence-electron chi connectivity index (χ0n) is 9.17. The lowest BCUT2D eigenvalue weighted by atomic mass is 10.1. The van der Waals surface area contributed by atoms with E-state index in [9.17, 15) is 9.18 Å². The van der Waals surface area contributed by atoms with Crippen molar-refractivity contribution in [1.82, 2.24) is 10.2 Å². The smallest absolute Gasteiger partial charge is 0.256 e. The highest BCUT2D eigenvalue weighted by Gasteiger charge is 2.21. The van der Waals surface area contributed by atoms with Crippen LogP contribution in [0.1, 0.15) is 10.4 Å². The molecular weight excluding hydrogens is 245 g/mol. The van der Waals surface area contributed by atoms with E-state index in [2.05, 4.69) is 5.32 Å². The lowest BCUT2D eigenvalue weighted by molar-refractivity contribution is 0.0731. The Labute approximate surface area is 104 Å². The second-order valence-electron chi connectivity index (χ2n) is 3.90. The van der Waals surface area contributed by atoms with Gasteiger partial charge in [0.15, 0.2) is 0 Å². The third kappa shape index (κ3) is 2.50. The number of nitrogens with zero attached hydrogens (tertiary/aromatic N) is 1. The molecule has 4 nitrogen and oxygen atoms in total. The molecule has 1 aliphatic rings. The molecule has 1 fully saturated rings. The number of halogens is 2. The van der Waals surface area contributed by atoms with Gasteiger partial charge >= 0.3 is 0 Å². The van der Waals surface area contributed by atoms with Gasteiger partial charge in [0.1, 0.15) is 5.82 Å². The summed E-state index contributed by atoms with van der Waals surface area (Å²) >= 11 is 5.68. The van der Waals surface area contributed by atoms with Crippen LogP contribution in [-0.2, 0) is 0 Å². The van der Waals surface area contributed by atoms with Crippen LogP contribution in [0.2, 0.25) is 5.02 Å². The first-order valence-electron chi connectivity index (χ1n) is 5.34. The average molecular weight is 258 g/mol. The van der Waals surface area contributed by atoms with Crippen molar-refractivity contribution < 1.29 is 9.18 Å². The molecule has 1 heterocycles. The predicted molar refractivity (Wildman–Crippen MR) is 64.6 cm³/mol. The monoisotopic (exact) mass is 257 g/mol. The van der Waals surface area contributed by atoms with Gasteiger partial charge in [-0.15, -0.1) is 0 Å². The average Bonchev–Trinajstić information content (AvgIpc) is 2.34. The Bertz CT molecular complexity index is 447. The van der Waals surface area contributed by atoms with Gasteiger partial charge in [0.2, 0.25) is 0 Å². The number of anilines is 1. The van der Waals surface area contributed by atoms with Gasteiger partial charge < -0.3 is 16.0 Å². The summed E-state index contributed by atoms with van der Waals surface area (Å²) in [4.78, 5) is 13.6. The number of nitrogen functional groups attached to an aromatic ring is 1. The number of hydrogen-bond donors (Lipinski definition) is 2. The minimum Gasteiger partial charge on any atom is -0.397 e. The fraction of sp³-hybridized carbons (Fsp3) is 0.364. The molecule has 1 aliphatic heterocycles. The van der Waals surface area contributed by atoms with E-state index in [1.165, 1.54) is 6.07 Å². The topological polar surface area (TPSA) is 58.4 Å². The van der Waals surface area contributed by atoms with Gasteiger partial charge in [-0.2, -0.15) is 0 Å². The Balaban J connectivity index is 2.26. The Kier molecular flexibility index (Phi) is 3.49. The maximum absolute atomic E-state index is 13.6. The van der Waals surface area contributed by atoms with Crippen LogP contribution in [0.3, 0.4) is 0 Å². The summed E-state index contributed by atoms with van der Waals surface area (Å²) in [6.45, 7) is 2.58. The second kappa shape index (κ2) is 4.89. The number of benzene rings is 1. The van der Waals surface area contributed by atoms with E-state index in [-0.39, 0.29) is 22.2 Å². The van der Waals surface area contributed by atoms with E-state index in [0.717, 1.165) is 19.2 Å². The third-order valence-corrected chi connectivity index (χ3v) is 3.05. The number of amides is 1. The molecule has 0 atom stereocenters. The standard InChI is InChI=1S/C11H13ClFN3O/c12-8-6-9(13)7(5-10(8)14)11(17)16-3-1-15-2-4-16/h5-6,15H,1-4,14H2. The molecule has 0 spiro atoms. The summed E-state index contributed by atoms with van der Waals surface area (Å²) in [5.41, 5.74) is 5.77. The van der Waals surface area contributed by atoms with Gasteiger partial charge in [0.25, 0.3) is 5.91 Å². The number of nitrogens with two attached hydrogens (primary N) is 1. The van der Waals surface area contributed by atoms with Gasteiger partial charge in [-0.05, 0) is 12.1 Å². The summed E-state index contributed by atoms with van der Waals surface area (Å²) in [6.07, 6.45) is 0. The quantitative estimate of drug-likeness (QED) is 0.741. The molecule has 6 heteroatoms. The SMILES string of the molecule is Nc1cc(C(=O)N2CCNCC2)c(F)cc1Cl. The Morgan fingerprint density at radius 1 is 1.41 bits per heavy atom. The van der Waals surface area contributed by atoms with Gasteiger partial charge in [-0.25, -0.2) is 4.39 Å². The largest absolute Gasteiger partial charge is 0.397 e. The van der Waals surface area contributed by atoms with Crippen LogP contribution in [0.5, 0.6) is 0 Å². The van der Waals surface area contributed by atoms with E-state index in [4.69, 9.17) is 17.3 Å². The zero-order valence-corrected chi connectivity index (χ0v) is 9.93. The van der Waals surface area contributed by atoms with E-state index in [0.29, 0.717) is 13.1 Å². The summed E-state index contributed by atoms with van der Waals surface area (Å²) < 4.78 is 13.6. The third-order valence-electron chi connectivity index (χ3n) is 2.72. The number of hydrogen-bond acceptors (Lipinski definition) is 3. The van der Waals surface area contributed by atoms with Crippen LogP contribution in [0.15, 0.2) is 12.1 Å². The highest BCUT2D eigenvalue weighted by atomic mass is 35.5. The maximum atomic E-state index is 13.6. The summed E-state index contributed by atoms with van der Waals surface area (Å²) in [7, 11) is 0. The fourth-order valence-corrected chi connectivity index (χ4v) is 1.92. The molecule has 3 N–H and O–H groups in total. The Morgan fingerprint density at radius 2 is 2.06 bits per heavy atom. The van der Waals surface area contributed by atoms with Crippen LogP contribution < -0.4 is 11.1 Å². The van der Waals surface area contributed by atoms with Crippen molar-refractivity contribution in [1.29, 1.82) is 0 Å². The van der Waals surface area contributed by atoms with Crippen molar-refractivity contribution in [3.05, 3.63) is 28.5 Å². The van der Waals surface area contributed by atoms with Crippen molar-refractivity contribution in [3.63, 3.8) is 0 Å². The van der Waals surface area contributed by atoms with Crippen molar-refractivity contribution >= 4 is 23.2 Å². The minimum absolute atomic E-state index is 0.0196. The number of carbonyl (C=O) groups excluding carboxylic acids is 1. The molecule has 0 saturated carbocycles. The highest BCUT2D eigenvalue weighted by molar-refractivity contribution is 6.33. The van der Waals surface area contributed by atoms with Crippen molar-refractivity contribution in [3.8, 4) is 0 Å². The van der Waals surface area contributed by atoms with Gasteiger partial charge in [-0.1, -0.05) is 11.6 Å². The van der Waals surface area contributed by atoms with E-state index < -0.39 is 5.82 Å². The van der Waals surface area contributed by atoms with Gasteiger partial charge in [-0.3, -0.25) is 4.79 Å². The molecule has 0 radical (unpaired) electrons. The van der Waals surface area contributed by atoms with Crippen LogP contribution in [0.4, 0.5) is 10.1 Å². The fourth-order valence-electron chi connectivity index (χ4n) is 1.77. The Morgan fingerprint density at radius 3 is 2.71 bits per heavy atom. The van der Waals surface area contributed by atoms with Gasteiger partial charge in [0.05, 0.1) is 16.3 Å². The lowest BCUT2D eigenvalue weighted by Crippen LogP contribution is -2.46. The number of carbonyl (C=O) groups is 1. The van der Waals surface area contributed by atoms with Crippen molar-refractivity contribution in [2.75, 3.05) is 31.9 Å². The van der Waals surface area contributed by atoms with Crippen LogP contribution in [0, 0.1) is 5.82 Å². The Hall–Kier alpha value is -1.33. The molecule has 0 unspecified atom stereocenters. The molecular formula is C11H13ClFN3O. The normalized spacial score (nSPS) is 16.0. The van der Waals surface area contributed by atoms with Crippen LogP contribution >= 0.6 is 11.6 Å². The molecule has 92 valence electrons. The molecule has 17 heavy (non-hydrogen) atoms. The summed E-state index contributed by atoms with van der Waals surface area (Å²) in [5.74, 6) is -0.972. The first-order chi connectivity index (χ1) is 8.09. The predicted octanol–water partition coefficient (Wildman–Crippen LogP) is 1.11. The molecule has 2 rings (SSSR count). The number of piperazine rings is 1. The van der Waals surface area contributed by atoms with E-state index in [1.54, 1.807) is 4.90 Å². The molecule has 1 saturated heterocycles. The zero-order chi connectivity index (χ0) is 12.4. The molecule has 0 bridgehead atoms.